The standard InChI is InChI=1S/C7H13NO2/c1-5(9)4-6(8)7(2,3)10/h4,10H,8H2,1-3H3/b6-4-. The zero-order valence-electron chi connectivity index (χ0n) is 6.51. The molecular weight excluding hydrogens is 130 g/mol. The molecule has 10 heavy (non-hydrogen) atoms. The van der Waals surface area contributed by atoms with Gasteiger partial charge in [0, 0.05) is 11.8 Å². The first-order chi connectivity index (χ1) is 4.34. The van der Waals surface area contributed by atoms with E-state index in [4.69, 9.17) is 5.73 Å². The van der Waals surface area contributed by atoms with Crippen molar-refractivity contribution in [3.8, 4) is 0 Å². The van der Waals surface area contributed by atoms with Crippen molar-refractivity contribution in [2.75, 3.05) is 0 Å². The Morgan fingerprint density at radius 1 is 1.60 bits per heavy atom. The zero-order chi connectivity index (χ0) is 8.36. The van der Waals surface area contributed by atoms with Gasteiger partial charge in [0.15, 0.2) is 5.78 Å². The van der Waals surface area contributed by atoms with Gasteiger partial charge in [-0.2, -0.15) is 0 Å². The highest BCUT2D eigenvalue weighted by Gasteiger charge is 2.15. The Labute approximate surface area is 60.5 Å². The van der Waals surface area contributed by atoms with Crippen LogP contribution in [0.3, 0.4) is 0 Å². The summed E-state index contributed by atoms with van der Waals surface area (Å²) in [5.74, 6) is -0.153. The van der Waals surface area contributed by atoms with Gasteiger partial charge in [0.2, 0.25) is 0 Å². The molecule has 0 spiro atoms. The molecule has 0 atom stereocenters. The lowest BCUT2D eigenvalue weighted by Crippen LogP contribution is -2.28. The van der Waals surface area contributed by atoms with E-state index in [1.54, 1.807) is 0 Å². The number of carbonyl (C=O) groups excluding carboxylic acids is 1. The number of carbonyl (C=O) groups is 1. The van der Waals surface area contributed by atoms with Crippen LogP contribution in [0.4, 0.5) is 0 Å². The molecule has 0 rings (SSSR count). The van der Waals surface area contributed by atoms with Crippen LogP contribution in [0.25, 0.3) is 0 Å². The van der Waals surface area contributed by atoms with Gasteiger partial charge >= 0.3 is 0 Å². The van der Waals surface area contributed by atoms with Crippen LogP contribution in [-0.4, -0.2) is 16.5 Å². The highest BCUT2D eigenvalue weighted by Crippen LogP contribution is 2.08. The van der Waals surface area contributed by atoms with Crippen LogP contribution in [0.2, 0.25) is 0 Å². The third-order valence-electron chi connectivity index (χ3n) is 1.07. The van der Waals surface area contributed by atoms with E-state index in [1.807, 2.05) is 0 Å². The van der Waals surface area contributed by atoms with Crippen molar-refractivity contribution in [3.05, 3.63) is 11.8 Å². The summed E-state index contributed by atoms with van der Waals surface area (Å²) >= 11 is 0. The average molecular weight is 143 g/mol. The van der Waals surface area contributed by atoms with Crippen LogP contribution in [-0.2, 0) is 4.79 Å². The fourth-order valence-electron chi connectivity index (χ4n) is 0.396. The van der Waals surface area contributed by atoms with Gasteiger partial charge in [0.1, 0.15) is 0 Å². The van der Waals surface area contributed by atoms with E-state index in [0.29, 0.717) is 0 Å². The molecule has 0 unspecified atom stereocenters. The van der Waals surface area contributed by atoms with Crippen LogP contribution >= 0.6 is 0 Å². The minimum absolute atomic E-state index is 0.153. The van der Waals surface area contributed by atoms with Crippen LogP contribution in [0.5, 0.6) is 0 Å². The van der Waals surface area contributed by atoms with Gasteiger partial charge in [-0.05, 0) is 20.8 Å². The van der Waals surface area contributed by atoms with Crippen LogP contribution in [0.15, 0.2) is 11.8 Å². The molecule has 0 aromatic rings. The summed E-state index contributed by atoms with van der Waals surface area (Å²) in [7, 11) is 0. The third-order valence-corrected chi connectivity index (χ3v) is 1.07. The molecular formula is C7H13NO2. The second kappa shape index (κ2) is 2.84. The summed E-state index contributed by atoms with van der Waals surface area (Å²) in [6.07, 6.45) is 1.22. The number of hydrogen-bond donors (Lipinski definition) is 2. The van der Waals surface area contributed by atoms with E-state index < -0.39 is 5.60 Å². The van der Waals surface area contributed by atoms with E-state index in [0.717, 1.165) is 0 Å². The van der Waals surface area contributed by atoms with Gasteiger partial charge in [0.25, 0.3) is 0 Å². The predicted molar refractivity (Wildman–Crippen MR) is 39.2 cm³/mol. The first kappa shape index (κ1) is 9.17. The number of ketones is 1. The first-order valence-electron chi connectivity index (χ1n) is 3.04. The molecule has 3 nitrogen and oxygen atoms in total. The number of rotatable bonds is 2. The van der Waals surface area contributed by atoms with Crippen molar-refractivity contribution in [2.24, 2.45) is 5.73 Å². The first-order valence-corrected chi connectivity index (χ1v) is 3.04. The summed E-state index contributed by atoms with van der Waals surface area (Å²) in [6, 6.07) is 0. The maximum Gasteiger partial charge on any atom is 0.154 e. The summed E-state index contributed by atoms with van der Waals surface area (Å²) in [5.41, 5.74) is 4.44. The lowest BCUT2D eigenvalue weighted by Gasteiger charge is -2.16. The number of allylic oxidation sites excluding steroid dienone is 1. The Balaban J connectivity index is 4.35. The fourth-order valence-corrected chi connectivity index (χ4v) is 0.396. The molecule has 0 bridgehead atoms. The quantitative estimate of drug-likeness (QED) is 0.542. The van der Waals surface area contributed by atoms with Crippen molar-refractivity contribution in [3.63, 3.8) is 0 Å². The minimum Gasteiger partial charge on any atom is -0.400 e. The molecule has 0 heterocycles. The van der Waals surface area contributed by atoms with Gasteiger partial charge in [-0.1, -0.05) is 0 Å². The molecule has 0 amide bonds. The smallest absolute Gasteiger partial charge is 0.154 e. The van der Waals surface area contributed by atoms with Crippen molar-refractivity contribution < 1.29 is 9.90 Å². The zero-order valence-corrected chi connectivity index (χ0v) is 6.51. The lowest BCUT2D eigenvalue weighted by atomic mass is 10.1. The highest BCUT2D eigenvalue weighted by molar-refractivity contribution is 5.88. The van der Waals surface area contributed by atoms with Crippen molar-refractivity contribution in [2.45, 2.75) is 26.4 Å². The number of hydrogen-bond acceptors (Lipinski definition) is 3. The number of nitrogens with two attached hydrogens (primary N) is 1. The molecule has 0 aromatic heterocycles. The van der Waals surface area contributed by atoms with Gasteiger partial charge in [-0.25, -0.2) is 0 Å². The Hall–Kier alpha value is -0.830. The fraction of sp³-hybridized carbons (Fsp3) is 0.571. The SMILES string of the molecule is CC(=O)/C=C(\N)C(C)(C)O. The second-order valence-electron chi connectivity index (χ2n) is 2.77. The van der Waals surface area contributed by atoms with Crippen LogP contribution in [0.1, 0.15) is 20.8 Å². The largest absolute Gasteiger partial charge is 0.400 e. The van der Waals surface area contributed by atoms with E-state index in [9.17, 15) is 9.90 Å². The topological polar surface area (TPSA) is 63.3 Å². The van der Waals surface area contributed by atoms with Crippen molar-refractivity contribution >= 4 is 5.78 Å². The molecule has 3 N–H and O–H groups in total. The Morgan fingerprint density at radius 3 is 2.10 bits per heavy atom. The van der Waals surface area contributed by atoms with E-state index in [-0.39, 0.29) is 11.5 Å². The Kier molecular flexibility index (Phi) is 2.60. The van der Waals surface area contributed by atoms with E-state index >= 15 is 0 Å². The minimum atomic E-state index is -1.09. The molecule has 0 saturated heterocycles. The van der Waals surface area contributed by atoms with E-state index in [2.05, 4.69) is 0 Å². The normalized spacial score (nSPS) is 13.4. The molecule has 3 heteroatoms. The van der Waals surface area contributed by atoms with Crippen LogP contribution in [0, 0.1) is 0 Å². The Morgan fingerprint density at radius 2 is 2.00 bits per heavy atom. The maximum absolute atomic E-state index is 10.4. The number of aliphatic hydroxyl groups is 1. The van der Waals surface area contributed by atoms with E-state index in [1.165, 1.54) is 26.8 Å². The predicted octanol–water partition coefficient (Wildman–Crippen LogP) is 0.189. The average Bonchev–Trinajstić information content (AvgIpc) is 1.60. The highest BCUT2D eigenvalue weighted by atomic mass is 16.3. The summed E-state index contributed by atoms with van der Waals surface area (Å²) in [5, 5.41) is 9.19. The lowest BCUT2D eigenvalue weighted by molar-refractivity contribution is -0.112. The van der Waals surface area contributed by atoms with Crippen molar-refractivity contribution in [1.82, 2.24) is 0 Å². The molecule has 0 aliphatic heterocycles. The molecule has 0 fully saturated rings. The molecule has 0 aliphatic carbocycles. The summed E-state index contributed by atoms with van der Waals surface area (Å²) < 4.78 is 0. The van der Waals surface area contributed by atoms with Gasteiger partial charge < -0.3 is 10.8 Å². The third kappa shape index (κ3) is 3.25. The molecule has 0 saturated carbocycles. The summed E-state index contributed by atoms with van der Waals surface area (Å²) in [4.78, 5) is 10.4. The molecule has 0 aromatic carbocycles. The van der Waals surface area contributed by atoms with Gasteiger partial charge in [0.05, 0.1) is 5.60 Å². The van der Waals surface area contributed by atoms with Crippen LogP contribution < -0.4 is 5.73 Å². The second-order valence-corrected chi connectivity index (χ2v) is 2.77. The molecule has 0 radical (unpaired) electrons. The van der Waals surface area contributed by atoms with Gasteiger partial charge in [-0.3, -0.25) is 4.79 Å². The van der Waals surface area contributed by atoms with Crippen molar-refractivity contribution in [1.29, 1.82) is 0 Å². The molecule has 0 aliphatic rings. The monoisotopic (exact) mass is 143 g/mol. The molecule has 58 valence electrons. The maximum atomic E-state index is 10.4. The summed E-state index contributed by atoms with van der Waals surface area (Å²) in [6.45, 7) is 4.45. The Bertz CT molecular complexity index is 165. The van der Waals surface area contributed by atoms with Gasteiger partial charge in [-0.15, -0.1) is 0 Å².